The first kappa shape index (κ1) is 16.0. The van der Waals surface area contributed by atoms with E-state index in [1.165, 1.54) is 0 Å². The second-order valence-electron chi connectivity index (χ2n) is 5.59. The van der Waals surface area contributed by atoms with Crippen molar-refractivity contribution in [3.63, 3.8) is 0 Å². The van der Waals surface area contributed by atoms with Crippen molar-refractivity contribution >= 4 is 9.84 Å². The summed E-state index contributed by atoms with van der Waals surface area (Å²) in [6, 6.07) is 11.6. The molecule has 0 spiro atoms. The summed E-state index contributed by atoms with van der Waals surface area (Å²) in [4.78, 5) is 0. The minimum Gasteiger partial charge on any atom is -0.372 e. The van der Waals surface area contributed by atoms with Crippen LogP contribution in [0.3, 0.4) is 0 Å². The summed E-state index contributed by atoms with van der Waals surface area (Å²) in [7, 11) is -1.66. The molecule has 0 heterocycles. The number of sulfone groups is 1. The lowest BCUT2D eigenvalue weighted by Gasteiger charge is -2.33. The Labute approximate surface area is 126 Å². The van der Waals surface area contributed by atoms with Crippen molar-refractivity contribution in [1.82, 2.24) is 0 Å². The van der Waals surface area contributed by atoms with Gasteiger partial charge in [0.05, 0.1) is 17.6 Å². The smallest absolute Gasteiger partial charge is 0.153 e. The van der Waals surface area contributed by atoms with Crippen LogP contribution < -0.4 is 0 Å². The van der Waals surface area contributed by atoms with Gasteiger partial charge in [0, 0.05) is 13.5 Å². The van der Waals surface area contributed by atoms with E-state index in [1.54, 1.807) is 7.11 Å². The highest BCUT2D eigenvalue weighted by Crippen LogP contribution is 2.48. The van der Waals surface area contributed by atoms with E-state index in [4.69, 9.17) is 10.00 Å². The third-order valence-electron chi connectivity index (χ3n) is 4.04. The highest BCUT2D eigenvalue weighted by Gasteiger charge is 2.49. The zero-order valence-electron chi connectivity index (χ0n) is 12.3. The molecule has 0 saturated heterocycles. The Morgan fingerprint density at radius 2 is 2.00 bits per heavy atom. The molecule has 1 aromatic carbocycles. The van der Waals surface area contributed by atoms with E-state index in [-0.39, 0.29) is 23.8 Å². The molecule has 21 heavy (non-hydrogen) atoms. The second kappa shape index (κ2) is 6.59. The number of unbranched alkanes of at least 4 members (excludes halogenated alkanes) is 1. The van der Waals surface area contributed by atoms with Crippen LogP contribution in [0.5, 0.6) is 0 Å². The number of benzene rings is 1. The number of hydrogen-bond acceptors (Lipinski definition) is 4. The fraction of sp³-hybridized carbons (Fsp3) is 0.562. The van der Waals surface area contributed by atoms with E-state index in [2.05, 4.69) is 0 Å². The Morgan fingerprint density at radius 3 is 2.52 bits per heavy atom. The predicted octanol–water partition coefficient (Wildman–Crippen LogP) is 2.66. The average molecular weight is 307 g/mol. The van der Waals surface area contributed by atoms with Gasteiger partial charge in [0.15, 0.2) is 9.84 Å². The zero-order chi connectivity index (χ0) is 15.3. The topological polar surface area (TPSA) is 67.2 Å². The highest BCUT2D eigenvalue weighted by molar-refractivity contribution is 7.91. The molecule has 1 aliphatic rings. The minimum atomic E-state index is -3.25. The lowest BCUT2D eigenvalue weighted by molar-refractivity contribution is -0.0148. The van der Waals surface area contributed by atoms with Gasteiger partial charge in [-0.05, 0) is 30.7 Å². The van der Waals surface area contributed by atoms with Gasteiger partial charge in [-0.2, -0.15) is 5.26 Å². The molecular weight excluding hydrogens is 286 g/mol. The molecule has 0 radical (unpaired) electrons. The summed E-state index contributed by atoms with van der Waals surface area (Å²) in [6.45, 7) is 0. The van der Waals surface area contributed by atoms with E-state index in [1.807, 2.05) is 36.4 Å². The Balaban J connectivity index is 2.24. The quantitative estimate of drug-likeness (QED) is 0.692. The summed E-state index contributed by atoms with van der Waals surface area (Å²) in [5.41, 5.74) is 0.186. The average Bonchev–Trinajstić information content (AvgIpc) is 3.31. The van der Waals surface area contributed by atoms with Crippen LogP contribution in [0.15, 0.2) is 30.3 Å². The van der Waals surface area contributed by atoms with E-state index in [9.17, 15) is 8.42 Å². The molecule has 4 nitrogen and oxygen atoms in total. The molecule has 1 aromatic rings. The fourth-order valence-corrected chi connectivity index (χ4v) is 4.72. The molecule has 5 heteroatoms. The van der Waals surface area contributed by atoms with Crippen molar-refractivity contribution in [2.24, 2.45) is 5.92 Å². The predicted molar refractivity (Wildman–Crippen MR) is 81.4 cm³/mol. The van der Waals surface area contributed by atoms with Gasteiger partial charge in [-0.25, -0.2) is 8.42 Å². The molecule has 1 fully saturated rings. The SMILES string of the molecule is CO[C@@](CS(=O)(=O)CCCC#N)(c1ccccc1)C1CC1. The van der Waals surface area contributed by atoms with Crippen LogP contribution in [0.4, 0.5) is 0 Å². The van der Waals surface area contributed by atoms with Crippen LogP contribution in [0, 0.1) is 17.2 Å². The number of nitriles is 1. The van der Waals surface area contributed by atoms with Gasteiger partial charge in [-0.1, -0.05) is 30.3 Å². The van der Waals surface area contributed by atoms with Crippen molar-refractivity contribution in [2.45, 2.75) is 31.3 Å². The van der Waals surface area contributed by atoms with E-state index in [0.717, 1.165) is 18.4 Å². The summed E-state index contributed by atoms with van der Waals surface area (Å²) < 4.78 is 30.5. The standard InChI is InChI=1S/C16H21NO3S/c1-20-16(15-9-10-15,14-7-3-2-4-8-14)13-21(18,19)12-6-5-11-17/h2-4,7-8,15H,5-6,9-10,12-13H2,1H3/t16-/m0/s1. The molecule has 1 saturated carbocycles. The Hall–Kier alpha value is -1.38. The lowest BCUT2D eigenvalue weighted by Crippen LogP contribution is -2.39. The first-order chi connectivity index (χ1) is 10.0. The maximum absolute atomic E-state index is 12.4. The summed E-state index contributed by atoms with van der Waals surface area (Å²) in [5, 5.41) is 8.55. The number of hydrogen-bond donors (Lipinski definition) is 0. The van der Waals surface area contributed by atoms with Crippen LogP contribution in [-0.2, 0) is 20.2 Å². The number of ether oxygens (including phenoxy) is 1. The van der Waals surface area contributed by atoms with Gasteiger partial charge in [-0.3, -0.25) is 0 Å². The van der Waals surface area contributed by atoms with Crippen molar-refractivity contribution in [2.75, 3.05) is 18.6 Å². The third-order valence-corrected chi connectivity index (χ3v) is 5.82. The monoisotopic (exact) mass is 307 g/mol. The molecule has 0 aromatic heterocycles. The largest absolute Gasteiger partial charge is 0.372 e. The van der Waals surface area contributed by atoms with Crippen molar-refractivity contribution in [3.8, 4) is 6.07 Å². The molecule has 0 amide bonds. The first-order valence-corrected chi connectivity index (χ1v) is 9.04. The Morgan fingerprint density at radius 1 is 1.33 bits per heavy atom. The van der Waals surface area contributed by atoms with Crippen LogP contribution in [-0.4, -0.2) is 27.0 Å². The van der Waals surface area contributed by atoms with Gasteiger partial charge >= 0.3 is 0 Å². The van der Waals surface area contributed by atoms with Crippen molar-refractivity contribution < 1.29 is 13.2 Å². The number of methoxy groups -OCH3 is 1. The summed E-state index contributed by atoms with van der Waals surface area (Å²) in [6.07, 6.45) is 2.65. The minimum absolute atomic E-state index is 0.00336. The van der Waals surface area contributed by atoms with Crippen LogP contribution in [0.2, 0.25) is 0 Å². The number of rotatable bonds is 8. The fourth-order valence-electron chi connectivity index (χ4n) is 2.82. The summed E-state index contributed by atoms with van der Waals surface area (Å²) >= 11 is 0. The summed E-state index contributed by atoms with van der Waals surface area (Å²) in [5.74, 6) is 0.303. The normalized spacial score (nSPS) is 17.9. The van der Waals surface area contributed by atoms with E-state index in [0.29, 0.717) is 6.42 Å². The van der Waals surface area contributed by atoms with Crippen molar-refractivity contribution in [1.29, 1.82) is 5.26 Å². The molecule has 114 valence electrons. The molecule has 1 aliphatic carbocycles. The van der Waals surface area contributed by atoms with Gasteiger partial charge in [0.25, 0.3) is 0 Å². The molecule has 0 aliphatic heterocycles. The third kappa shape index (κ3) is 3.84. The maximum atomic E-state index is 12.4. The molecule has 2 rings (SSSR count). The zero-order valence-corrected chi connectivity index (χ0v) is 13.1. The van der Waals surface area contributed by atoms with Crippen molar-refractivity contribution in [3.05, 3.63) is 35.9 Å². The first-order valence-electron chi connectivity index (χ1n) is 7.22. The second-order valence-corrected chi connectivity index (χ2v) is 7.77. The molecule has 0 N–H and O–H groups in total. The molecule has 0 unspecified atom stereocenters. The van der Waals surface area contributed by atoms with Crippen LogP contribution in [0.25, 0.3) is 0 Å². The molecule has 0 bridgehead atoms. The Bertz CT molecular complexity index is 602. The van der Waals surface area contributed by atoms with Gasteiger partial charge < -0.3 is 4.74 Å². The van der Waals surface area contributed by atoms with E-state index < -0.39 is 15.4 Å². The number of nitrogens with zero attached hydrogens (tertiary/aromatic N) is 1. The Kier molecular flexibility index (Phi) is 5.02. The van der Waals surface area contributed by atoms with Crippen LogP contribution >= 0.6 is 0 Å². The maximum Gasteiger partial charge on any atom is 0.153 e. The highest BCUT2D eigenvalue weighted by atomic mass is 32.2. The molecule has 1 atom stereocenters. The van der Waals surface area contributed by atoms with Crippen LogP contribution in [0.1, 0.15) is 31.2 Å². The lowest BCUT2D eigenvalue weighted by atomic mass is 9.90. The van der Waals surface area contributed by atoms with E-state index >= 15 is 0 Å². The van der Waals surface area contributed by atoms with Gasteiger partial charge in [0.2, 0.25) is 0 Å². The molecular formula is C16H21NO3S. The van der Waals surface area contributed by atoms with Gasteiger partial charge in [-0.15, -0.1) is 0 Å². The van der Waals surface area contributed by atoms with Gasteiger partial charge in [0.1, 0.15) is 5.60 Å².